The van der Waals surface area contributed by atoms with E-state index in [1.807, 2.05) is 0 Å². The smallest absolute Gasteiger partial charge is 0.394 e. The highest BCUT2D eigenvalue weighted by Gasteiger charge is 2.49. The van der Waals surface area contributed by atoms with Crippen LogP contribution in [0, 0.1) is 5.92 Å². The van der Waals surface area contributed by atoms with Gasteiger partial charge in [0.05, 0.1) is 25.4 Å². The molecule has 0 bridgehead atoms. The summed E-state index contributed by atoms with van der Waals surface area (Å²) in [5.74, 6) is -0.740. The van der Waals surface area contributed by atoms with Crippen molar-refractivity contribution in [3.05, 3.63) is 0 Å². The summed E-state index contributed by atoms with van der Waals surface area (Å²) in [5.41, 5.74) is 0. The van der Waals surface area contributed by atoms with Crippen molar-refractivity contribution in [3.8, 4) is 0 Å². The van der Waals surface area contributed by atoms with E-state index in [0.717, 1.165) is 0 Å². The molecule has 0 aromatic rings. The molecule has 0 unspecified atom stereocenters. The van der Waals surface area contributed by atoms with Crippen LogP contribution in [-0.4, -0.2) is 99.6 Å². The summed E-state index contributed by atoms with van der Waals surface area (Å²) in [7, 11) is -3.23. The largest absolute Gasteiger partial charge is 0.469 e. The number of phosphoric acid groups is 1. The molecule has 2 aliphatic rings. The van der Waals surface area contributed by atoms with Crippen molar-refractivity contribution in [1.29, 1.82) is 0 Å². The number of rotatable bonds is 7. The highest BCUT2D eigenvalue weighted by Crippen LogP contribution is 2.39. The van der Waals surface area contributed by atoms with Crippen molar-refractivity contribution in [1.82, 2.24) is 5.32 Å². The fraction of sp³-hybridized carbons (Fsp3) is 1.00. The second kappa shape index (κ2) is 8.86. The van der Waals surface area contributed by atoms with Crippen LogP contribution >= 0.6 is 7.82 Å². The number of nitrogens with one attached hydrogen (secondary N) is 1. The molecule has 0 radical (unpaired) electrons. The molecule has 9 atom stereocenters. The van der Waals surface area contributed by atoms with Crippen molar-refractivity contribution in [2.24, 2.45) is 5.92 Å². The van der Waals surface area contributed by atoms with Gasteiger partial charge in [-0.25, -0.2) is 4.57 Å². The van der Waals surface area contributed by atoms with Crippen LogP contribution in [0.15, 0.2) is 0 Å². The molecule has 2 rings (SSSR count). The molecule has 0 saturated carbocycles. The van der Waals surface area contributed by atoms with Crippen LogP contribution in [0.1, 0.15) is 6.92 Å². The van der Waals surface area contributed by atoms with Gasteiger partial charge in [0.25, 0.3) is 0 Å². The minimum absolute atomic E-state index is 0.446. The standard InChI is InChI=1S/C13H26NO11P/c1-5-6(4-22-26(19,20)21)11(12(18)23-5)25-13-8(14-2)10(17)9(16)7(3-15)24-13/h5-18H,3-4H2,1-2H3,(H2,19,20,21)/t5-,6-,7-,8-,9-,10-,11+,12+,13-/m0/s1. The van der Waals surface area contributed by atoms with Gasteiger partial charge in [0, 0.05) is 5.92 Å². The van der Waals surface area contributed by atoms with Gasteiger partial charge in [0.2, 0.25) is 0 Å². The van der Waals surface area contributed by atoms with Crippen LogP contribution in [0.3, 0.4) is 0 Å². The van der Waals surface area contributed by atoms with E-state index >= 15 is 0 Å². The van der Waals surface area contributed by atoms with E-state index in [-0.39, 0.29) is 0 Å². The zero-order valence-electron chi connectivity index (χ0n) is 14.3. The normalized spacial score (nSPS) is 44.4. The molecule has 13 heteroatoms. The number of hydrogen-bond donors (Lipinski definition) is 7. The molecular weight excluding hydrogens is 377 g/mol. The molecule has 2 heterocycles. The average molecular weight is 403 g/mol. The Morgan fingerprint density at radius 3 is 2.35 bits per heavy atom. The third-order valence-electron chi connectivity index (χ3n) is 4.60. The lowest BCUT2D eigenvalue weighted by molar-refractivity contribution is -0.297. The van der Waals surface area contributed by atoms with Gasteiger partial charge in [-0.05, 0) is 14.0 Å². The molecular formula is C13H26NO11P. The first kappa shape index (κ1) is 22.1. The fourth-order valence-corrected chi connectivity index (χ4v) is 3.49. The van der Waals surface area contributed by atoms with Crippen LogP contribution in [0.25, 0.3) is 0 Å². The van der Waals surface area contributed by atoms with Crippen molar-refractivity contribution in [2.75, 3.05) is 20.3 Å². The molecule has 0 aromatic heterocycles. The summed E-state index contributed by atoms with van der Waals surface area (Å²) in [6.45, 7) is 0.560. The molecule has 2 saturated heterocycles. The molecule has 154 valence electrons. The summed E-state index contributed by atoms with van der Waals surface area (Å²) in [6.07, 6.45) is -8.11. The lowest BCUT2D eigenvalue weighted by Crippen LogP contribution is -2.64. The molecule has 0 amide bonds. The van der Waals surface area contributed by atoms with Gasteiger partial charge >= 0.3 is 7.82 Å². The van der Waals surface area contributed by atoms with Gasteiger partial charge in [-0.3, -0.25) is 4.52 Å². The summed E-state index contributed by atoms with van der Waals surface area (Å²) in [5, 5.41) is 42.2. The maximum absolute atomic E-state index is 10.9. The minimum Gasteiger partial charge on any atom is -0.394 e. The summed E-state index contributed by atoms with van der Waals surface area (Å²) >= 11 is 0. The first-order valence-electron chi connectivity index (χ1n) is 8.07. The van der Waals surface area contributed by atoms with Gasteiger partial charge in [-0.2, -0.15) is 0 Å². The molecule has 12 nitrogen and oxygen atoms in total. The van der Waals surface area contributed by atoms with E-state index in [4.69, 9.17) is 24.0 Å². The Labute approximate surface area is 149 Å². The van der Waals surface area contributed by atoms with Crippen LogP contribution in [0.2, 0.25) is 0 Å². The third-order valence-corrected chi connectivity index (χ3v) is 5.09. The molecule has 0 aliphatic carbocycles. The molecule has 0 spiro atoms. The third kappa shape index (κ3) is 4.98. The zero-order chi connectivity index (χ0) is 19.6. The van der Waals surface area contributed by atoms with Gasteiger partial charge in [-0.1, -0.05) is 0 Å². The zero-order valence-corrected chi connectivity index (χ0v) is 15.2. The van der Waals surface area contributed by atoms with E-state index in [1.165, 1.54) is 7.05 Å². The highest BCUT2D eigenvalue weighted by molar-refractivity contribution is 7.46. The fourth-order valence-electron chi connectivity index (χ4n) is 3.12. The predicted octanol–water partition coefficient (Wildman–Crippen LogP) is -3.14. The Hall–Kier alpha value is -0.210. The SMILES string of the molecule is CN[C@@H]1[C@H](O[C@@H]2[C@@H](COP(=O)(O)O)[C@H](C)O[C@H]2O)O[C@@H](CO)[C@H](O)[C@H]1O. The van der Waals surface area contributed by atoms with E-state index in [2.05, 4.69) is 9.84 Å². The van der Waals surface area contributed by atoms with Crippen LogP contribution < -0.4 is 5.32 Å². The number of hydrogen-bond acceptors (Lipinski definition) is 10. The van der Waals surface area contributed by atoms with E-state index in [0.29, 0.717) is 0 Å². The maximum atomic E-state index is 10.9. The van der Waals surface area contributed by atoms with E-state index < -0.39 is 76.1 Å². The Morgan fingerprint density at radius 1 is 1.15 bits per heavy atom. The summed E-state index contributed by atoms with van der Waals surface area (Å²) in [4.78, 5) is 17.7. The number of aliphatic hydroxyl groups excluding tert-OH is 4. The average Bonchev–Trinajstić information content (AvgIpc) is 2.81. The summed E-state index contributed by atoms with van der Waals surface area (Å²) < 4.78 is 31.8. The highest BCUT2D eigenvalue weighted by atomic mass is 31.2. The quantitative estimate of drug-likeness (QED) is 0.212. The van der Waals surface area contributed by atoms with Crippen molar-refractivity contribution < 1.29 is 53.5 Å². The molecule has 2 aliphatic heterocycles. The monoisotopic (exact) mass is 403 g/mol. The first-order chi connectivity index (χ1) is 12.1. The van der Waals surface area contributed by atoms with Crippen LogP contribution in [0.4, 0.5) is 0 Å². The maximum Gasteiger partial charge on any atom is 0.469 e. The number of likely N-dealkylation sites (N-methyl/N-ethyl adjacent to an activating group) is 1. The molecule has 0 aromatic carbocycles. The molecule has 26 heavy (non-hydrogen) atoms. The topological polar surface area (TPSA) is 187 Å². The lowest BCUT2D eigenvalue weighted by atomic mass is 9.96. The van der Waals surface area contributed by atoms with Gasteiger partial charge in [0.15, 0.2) is 12.6 Å². The number of ether oxygens (including phenoxy) is 3. The first-order valence-corrected chi connectivity index (χ1v) is 9.61. The predicted molar refractivity (Wildman–Crippen MR) is 83.5 cm³/mol. The minimum atomic E-state index is -4.73. The van der Waals surface area contributed by atoms with Gasteiger partial charge in [-0.15, -0.1) is 0 Å². The number of phosphoric ester groups is 1. The van der Waals surface area contributed by atoms with Crippen molar-refractivity contribution in [3.63, 3.8) is 0 Å². The van der Waals surface area contributed by atoms with Crippen molar-refractivity contribution >= 4 is 7.82 Å². The van der Waals surface area contributed by atoms with Crippen molar-refractivity contribution in [2.45, 2.75) is 56.1 Å². The second-order valence-corrected chi connectivity index (χ2v) is 7.54. The molecule has 2 fully saturated rings. The lowest BCUT2D eigenvalue weighted by Gasteiger charge is -2.43. The van der Waals surface area contributed by atoms with E-state index in [1.54, 1.807) is 6.92 Å². The van der Waals surface area contributed by atoms with Crippen LogP contribution in [-0.2, 0) is 23.3 Å². The van der Waals surface area contributed by atoms with E-state index in [9.17, 15) is 25.0 Å². The Morgan fingerprint density at radius 2 is 1.81 bits per heavy atom. The Balaban J connectivity index is 2.12. The van der Waals surface area contributed by atoms with Gasteiger partial charge < -0.3 is 49.7 Å². The Bertz CT molecular complexity index is 504. The van der Waals surface area contributed by atoms with Crippen LogP contribution in [0.5, 0.6) is 0 Å². The number of aliphatic hydroxyl groups is 4. The van der Waals surface area contributed by atoms with Gasteiger partial charge in [0.1, 0.15) is 24.4 Å². The summed E-state index contributed by atoms with van der Waals surface area (Å²) in [6, 6.07) is -0.890. The second-order valence-electron chi connectivity index (χ2n) is 6.30. The molecule has 7 N–H and O–H groups in total. The Kier molecular flexibility index (Phi) is 7.53.